The van der Waals surface area contributed by atoms with E-state index in [-0.39, 0.29) is 85.0 Å². The van der Waals surface area contributed by atoms with Crippen molar-refractivity contribution in [2.75, 3.05) is 32.7 Å². The van der Waals surface area contributed by atoms with Crippen LogP contribution in [-0.4, -0.2) is 152 Å². The van der Waals surface area contributed by atoms with E-state index in [1.54, 1.807) is 17.0 Å². The van der Waals surface area contributed by atoms with Gasteiger partial charge in [0.2, 0.25) is 41.4 Å². The highest BCUT2D eigenvalue weighted by atomic mass is 32.1. The Balaban J connectivity index is 0.832. The first-order valence-corrected chi connectivity index (χ1v) is 30.8. The molecular weight excluding hydrogens is 1100 g/mol. The molecule has 0 radical (unpaired) electrons. The zero-order valence-corrected chi connectivity index (χ0v) is 47.4. The molecule has 6 heterocycles. The van der Waals surface area contributed by atoms with Crippen LogP contribution < -0.4 is 27.0 Å². The van der Waals surface area contributed by atoms with Crippen molar-refractivity contribution >= 4 is 82.2 Å². The lowest BCUT2D eigenvalue weighted by atomic mass is 9.82. The molecule has 82 heavy (non-hydrogen) atoms. The second-order valence-corrected chi connectivity index (χ2v) is 25.2. The van der Waals surface area contributed by atoms with Crippen LogP contribution in [0.5, 0.6) is 0 Å². The molecule has 0 spiro atoms. The predicted molar refractivity (Wildman–Crippen MR) is 296 cm³/mol. The van der Waals surface area contributed by atoms with Crippen LogP contribution in [0.1, 0.15) is 146 Å². The summed E-state index contributed by atoms with van der Waals surface area (Å²) in [6.45, 7) is 4.19. The Kier molecular flexibility index (Phi) is 18.6. The maximum absolute atomic E-state index is 14.7. The van der Waals surface area contributed by atoms with Gasteiger partial charge in [-0.15, -0.1) is 11.3 Å². The Morgan fingerprint density at radius 1 is 0.927 bits per heavy atom. The predicted octanol–water partition coefficient (Wildman–Crippen LogP) is 3.96. The average Bonchev–Trinajstić information content (AvgIpc) is 4.35. The van der Waals surface area contributed by atoms with Crippen molar-refractivity contribution in [3.63, 3.8) is 0 Å². The number of likely N-dealkylation sites (N-methyl/N-ethyl adjacent to an activating group) is 1. The number of halogens is 2. The van der Waals surface area contributed by atoms with Gasteiger partial charge in [0.25, 0.3) is 11.8 Å². The number of fused-ring (bicyclic) bond motifs is 3. The fourth-order valence-electron chi connectivity index (χ4n) is 12.5. The Labute approximate surface area is 477 Å². The number of hydrogen-bond acceptors (Lipinski definition) is 12. The normalized spacial score (nSPS) is 23.0. The summed E-state index contributed by atoms with van der Waals surface area (Å²) < 4.78 is 41.2. The van der Waals surface area contributed by atoms with Gasteiger partial charge in [-0.2, -0.15) is 8.78 Å². The Morgan fingerprint density at radius 3 is 2.39 bits per heavy atom. The lowest BCUT2D eigenvalue weighted by Crippen LogP contribution is -2.62. The number of benzene rings is 2. The van der Waals surface area contributed by atoms with E-state index in [1.807, 2.05) is 17.9 Å². The van der Waals surface area contributed by atoms with Gasteiger partial charge in [-0.3, -0.25) is 53.0 Å². The van der Waals surface area contributed by atoms with Gasteiger partial charge in [-0.25, -0.2) is 0 Å². The topological polar surface area (TPSA) is 298 Å². The van der Waals surface area contributed by atoms with Gasteiger partial charge in [0.15, 0.2) is 0 Å². The van der Waals surface area contributed by atoms with Crippen LogP contribution in [0.25, 0.3) is 10.1 Å². The van der Waals surface area contributed by atoms with Gasteiger partial charge in [0.1, 0.15) is 30.2 Å². The molecule has 0 bridgehead atoms. The van der Waals surface area contributed by atoms with Gasteiger partial charge < -0.3 is 51.1 Å². The average molecular weight is 1170 g/mol. The van der Waals surface area contributed by atoms with Crippen molar-refractivity contribution in [1.29, 1.82) is 0 Å². The van der Waals surface area contributed by atoms with Gasteiger partial charge in [-0.1, -0.05) is 50.2 Å². The van der Waals surface area contributed by atoms with Crippen molar-refractivity contribution in [3.8, 4) is 11.8 Å². The number of nitrogens with two attached hydrogens (primary N) is 1. The Bertz CT molecular complexity index is 3130. The molecule has 2 aromatic carbocycles. The quantitative estimate of drug-likeness (QED) is 0.0573. The second-order valence-electron chi connectivity index (χ2n) is 22.4. The molecule has 9 amide bonds. The van der Waals surface area contributed by atoms with E-state index in [0.717, 1.165) is 54.7 Å². The number of nitrogens with zero attached hydrogens (tertiary/aromatic N) is 4. The van der Waals surface area contributed by atoms with Crippen LogP contribution in [0.3, 0.4) is 0 Å². The molecule has 21 nitrogen and oxygen atoms in total. The van der Waals surface area contributed by atoms with E-state index in [9.17, 15) is 66.3 Å². The number of alkyl halides is 2. The summed E-state index contributed by atoms with van der Waals surface area (Å²) in [6, 6.07) is 4.07. The highest BCUT2D eigenvalue weighted by Gasteiger charge is 2.51. The number of piperidine rings is 2. The van der Waals surface area contributed by atoms with E-state index in [0.29, 0.717) is 87.0 Å². The van der Waals surface area contributed by atoms with Gasteiger partial charge in [0.05, 0.1) is 4.88 Å². The van der Waals surface area contributed by atoms with Crippen LogP contribution >= 0.6 is 18.9 Å². The number of rotatable bonds is 17. The number of nitrogens with one attached hydrogen (secondary N) is 4. The molecule has 4 saturated heterocycles. The molecule has 1 aliphatic carbocycles. The maximum Gasteiger partial charge on any atom is 0.399 e. The minimum absolute atomic E-state index is 0.0465. The standard InChI is InChI=1S/C57H70F2N9O12PS/c1-2-65-26-25-38-16-18-44(68(38)55(76)42(32-65)62-53(74)46-30-36-29-37(15-20-45(36)82-46)57(58,59)81(78,79)80)52(73)61-41(17-21-47(60)69)50(71)64-49(35-11-4-3-5-12-35)56(77)66-27-23-33(24-28-66)9-6-7-10-34-13-8-14-39-40(34)31-67(54(39)75)43-19-22-48(70)63-51(43)72/h8,13-15,20,29-30,33,35,38,41-44,49H,2-6,9,11-12,16-19,21-28,31-32H2,1H3,(H2,60,69)(H,61,73)(H,62,74)(H,64,71)(H,63,70,72)(H2,78,79,80)/t38-,41+,42+,43?,44+,49+/m1/s1. The molecule has 6 atom stereocenters. The number of thiophene rings is 1. The largest absolute Gasteiger partial charge is 0.399 e. The van der Waals surface area contributed by atoms with Crippen LogP contribution in [0.15, 0.2) is 42.5 Å². The van der Waals surface area contributed by atoms with Crippen molar-refractivity contribution in [2.24, 2.45) is 17.6 Å². The van der Waals surface area contributed by atoms with E-state index in [4.69, 9.17) is 5.73 Å². The molecule has 5 aliphatic heterocycles. The monoisotopic (exact) mass is 1170 g/mol. The molecule has 440 valence electrons. The van der Waals surface area contributed by atoms with E-state index in [2.05, 4.69) is 33.1 Å². The molecule has 8 N–H and O–H groups in total. The third-order valence-corrected chi connectivity index (χ3v) is 19.3. The molecule has 5 fully saturated rings. The number of hydrogen-bond donors (Lipinski definition) is 7. The SMILES string of the molecule is CCN1CC[C@H]2CC[C@@H](C(=O)N[C@@H](CCC(N)=O)C(=O)N[C@H](C(=O)N3CCC(CCC#Cc4cccc5c4CN(C4CCC(=O)NC4=O)C5=O)CC3)C3CCCCC3)N2C(=O)[C@@H](NC(=O)c2cc3cc(C(F)(F)P(=O)(O)O)ccc3s2)C1. The van der Waals surface area contributed by atoms with Crippen LogP contribution in [0.2, 0.25) is 0 Å². The third kappa shape index (κ3) is 13.2. The first-order chi connectivity index (χ1) is 39.1. The van der Waals surface area contributed by atoms with Gasteiger partial charge in [0, 0.05) is 79.4 Å². The first kappa shape index (κ1) is 60.0. The van der Waals surface area contributed by atoms with E-state index >= 15 is 0 Å². The van der Waals surface area contributed by atoms with Gasteiger partial charge in [-0.05, 0) is 124 Å². The minimum atomic E-state index is -5.86. The van der Waals surface area contributed by atoms with Crippen LogP contribution in [0, 0.1) is 23.7 Å². The zero-order valence-electron chi connectivity index (χ0n) is 45.7. The Morgan fingerprint density at radius 2 is 1.68 bits per heavy atom. The molecule has 3 aromatic rings. The van der Waals surface area contributed by atoms with E-state index < -0.39 is 90.5 Å². The van der Waals surface area contributed by atoms with Crippen LogP contribution in [0.4, 0.5) is 8.78 Å². The van der Waals surface area contributed by atoms with Crippen LogP contribution in [-0.2, 0) is 50.3 Å². The highest BCUT2D eigenvalue weighted by molar-refractivity contribution is 7.52. The van der Waals surface area contributed by atoms with E-state index in [1.165, 1.54) is 21.9 Å². The van der Waals surface area contributed by atoms with Crippen molar-refractivity contribution in [1.82, 2.24) is 40.9 Å². The molecular formula is C57H70F2N9O12PS. The summed E-state index contributed by atoms with van der Waals surface area (Å²) in [6.07, 6.45) is 8.07. The summed E-state index contributed by atoms with van der Waals surface area (Å²) in [7, 11) is -5.86. The first-order valence-electron chi connectivity index (χ1n) is 28.4. The number of amides is 9. The number of primary amides is 1. The third-order valence-electron chi connectivity index (χ3n) is 17.2. The maximum atomic E-state index is 14.7. The number of carbonyl (C=O) groups excluding carboxylic acids is 9. The highest BCUT2D eigenvalue weighted by Crippen LogP contribution is 2.59. The molecule has 1 saturated carbocycles. The molecule has 25 heteroatoms. The van der Waals surface area contributed by atoms with Crippen molar-refractivity contribution in [3.05, 3.63) is 69.6 Å². The fraction of sp³-hybridized carbons (Fsp3) is 0.561. The molecule has 9 rings (SSSR count). The zero-order chi connectivity index (χ0) is 58.6. The number of carbonyl (C=O) groups is 9. The Hall–Kier alpha value is -6.64. The van der Waals surface area contributed by atoms with Crippen molar-refractivity contribution in [2.45, 2.75) is 158 Å². The summed E-state index contributed by atoms with van der Waals surface area (Å²) in [4.78, 5) is 147. The minimum Gasteiger partial charge on any atom is -0.370 e. The molecule has 6 aliphatic rings. The molecule has 1 aromatic heterocycles. The summed E-state index contributed by atoms with van der Waals surface area (Å²) >= 11 is 0.937. The lowest BCUT2D eigenvalue weighted by molar-refractivity contribution is -0.144. The lowest BCUT2D eigenvalue weighted by Gasteiger charge is -2.39. The molecule has 1 unspecified atom stereocenters. The number of imide groups is 1. The summed E-state index contributed by atoms with van der Waals surface area (Å²) in [5.74, 6) is 2.00. The second kappa shape index (κ2) is 25.5. The van der Waals surface area contributed by atoms with Crippen molar-refractivity contribution < 1.29 is 66.3 Å². The number of likely N-dealkylation sites (tertiary alicyclic amines) is 1. The fourth-order valence-corrected chi connectivity index (χ4v) is 14.0. The summed E-state index contributed by atoms with van der Waals surface area (Å²) in [5, 5.41) is 11.1. The smallest absolute Gasteiger partial charge is 0.370 e. The van der Waals surface area contributed by atoms with Gasteiger partial charge >= 0.3 is 13.3 Å². The summed E-state index contributed by atoms with van der Waals surface area (Å²) in [5.41, 5.74) is 2.15.